The minimum atomic E-state index is -4.54. The van der Waals surface area contributed by atoms with Gasteiger partial charge in [0.25, 0.3) is 0 Å². The van der Waals surface area contributed by atoms with Gasteiger partial charge >= 0.3 is 12.1 Å². The van der Waals surface area contributed by atoms with Gasteiger partial charge in [-0.15, -0.1) is 10.2 Å². The molecule has 0 fully saturated rings. The van der Waals surface area contributed by atoms with Crippen molar-refractivity contribution in [1.82, 2.24) is 10.2 Å². The fourth-order valence-electron chi connectivity index (χ4n) is 1.38. The molecule has 1 aromatic heterocycles. The number of carboxylic acid groups (broad SMARTS) is 1. The van der Waals surface area contributed by atoms with Crippen LogP contribution in [0.3, 0.4) is 0 Å². The van der Waals surface area contributed by atoms with Crippen LogP contribution in [0, 0.1) is 0 Å². The maximum atomic E-state index is 12.4. The Morgan fingerprint density at radius 1 is 1.19 bits per heavy atom. The summed E-state index contributed by atoms with van der Waals surface area (Å²) in [5, 5.41) is 15.8. The van der Waals surface area contributed by atoms with Crippen LogP contribution in [-0.2, 0) is 6.18 Å². The van der Waals surface area contributed by atoms with Crippen LogP contribution in [0.1, 0.15) is 16.1 Å². The molecule has 1 heterocycles. The van der Waals surface area contributed by atoms with Gasteiger partial charge in [-0.25, -0.2) is 4.79 Å². The molecule has 1 N–H and O–H groups in total. The molecule has 0 aliphatic rings. The van der Waals surface area contributed by atoms with E-state index in [1.54, 1.807) is 12.1 Å². The number of carbonyl (C=O) groups is 1. The molecule has 0 radical (unpaired) electrons. The Bertz CT molecular complexity index is 677. The molecule has 1 aromatic carbocycles. The van der Waals surface area contributed by atoms with E-state index in [1.165, 1.54) is 12.1 Å². The molecule has 21 heavy (non-hydrogen) atoms. The lowest BCUT2D eigenvalue weighted by molar-refractivity contribution is -0.141. The summed E-state index contributed by atoms with van der Waals surface area (Å²) in [5.74, 6) is -1.11. The van der Waals surface area contributed by atoms with Crippen molar-refractivity contribution in [3.63, 3.8) is 0 Å². The number of aromatic carboxylic acids is 1. The highest BCUT2D eigenvalue weighted by molar-refractivity contribution is 9.10. The molecule has 0 atom stereocenters. The van der Waals surface area contributed by atoms with Crippen LogP contribution >= 0.6 is 27.7 Å². The van der Waals surface area contributed by atoms with Crippen molar-refractivity contribution in [2.75, 3.05) is 0 Å². The molecule has 9 heteroatoms. The lowest BCUT2D eigenvalue weighted by atomic mass is 10.2. The topological polar surface area (TPSA) is 63.1 Å². The van der Waals surface area contributed by atoms with Crippen LogP contribution < -0.4 is 0 Å². The van der Waals surface area contributed by atoms with E-state index in [0.29, 0.717) is 9.37 Å². The smallest absolute Gasteiger partial charge is 0.435 e. The number of aromatic nitrogens is 2. The molecule has 0 amide bonds. The second-order valence-corrected chi connectivity index (χ2v) is 5.75. The highest BCUT2D eigenvalue weighted by Gasteiger charge is 2.32. The predicted octanol–water partition coefficient (Wildman–Crippen LogP) is 4.11. The molecule has 0 saturated heterocycles. The first-order valence-corrected chi connectivity index (χ1v) is 7.00. The van der Waals surface area contributed by atoms with Crippen LogP contribution in [0.2, 0.25) is 0 Å². The van der Waals surface area contributed by atoms with Gasteiger partial charge in [0, 0.05) is 9.37 Å². The Kier molecular flexibility index (Phi) is 4.52. The van der Waals surface area contributed by atoms with Gasteiger partial charge in [0.1, 0.15) is 5.03 Å². The van der Waals surface area contributed by atoms with Gasteiger partial charge in [0.15, 0.2) is 5.69 Å². The minimum Gasteiger partial charge on any atom is -0.478 e. The van der Waals surface area contributed by atoms with Crippen molar-refractivity contribution < 1.29 is 23.1 Å². The standard InChI is InChI=1S/C12H6BrF3N2O2S/c13-8-2-1-6(5-7(8)11(19)20)21-10-4-3-9(17-18-10)12(14,15)16/h1-5H,(H,19,20). The fraction of sp³-hybridized carbons (Fsp3) is 0.0833. The number of nitrogens with zero attached hydrogens (tertiary/aromatic N) is 2. The quantitative estimate of drug-likeness (QED) is 0.870. The number of carboxylic acids is 1. The molecule has 110 valence electrons. The van der Waals surface area contributed by atoms with Gasteiger partial charge in [-0.2, -0.15) is 13.2 Å². The highest BCUT2D eigenvalue weighted by Crippen LogP contribution is 2.31. The highest BCUT2D eigenvalue weighted by atomic mass is 79.9. The number of hydrogen-bond acceptors (Lipinski definition) is 4. The number of hydrogen-bond donors (Lipinski definition) is 1. The summed E-state index contributed by atoms with van der Waals surface area (Å²) in [4.78, 5) is 11.5. The van der Waals surface area contributed by atoms with Crippen molar-refractivity contribution in [1.29, 1.82) is 0 Å². The number of halogens is 4. The Morgan fingerprint density at radius 2 is 1.90 bits per heavy atom. The van der Waals surface area contributed by atoms with Crippen LogP contribution in [0.25, 0.3) is 0 Å². The molecule has 0 spiro atoms. The van der Waals surface area contributed by atoms with E-state index < -0.39 is 17.8 Å². The van der Waals surface area contributed by atoms with Gasteiger partial charge in [-0.1, -0.05) is 11.8 Å². The van der Waals surface area contributed by atoms with Crippen LogP contribution in [-0.4, -0.2) is 21.3 Å². The molecular weight excluding hydrogens is 373 g/mol. The summed E-state index contributed by atoms with van der Waals surface area (Å²) >= 11 is 4.13. The maximum absolute atomic E-state index is 12.4. The summed E-state index contributed by atoms with van der Waals surface area (Å²) in [6.45, 7) is 0. The van der Waals surface area contributed by atoms with Crippen LogP contribution in [0.4, 0.5) is 13.2 Å². The van der Waals surface area contributed by atoms with Crippen molar-refractivity contribution in [2.45, 2.75) is 16.1 Å². The van der Waals surface area contributed by atoms with Crippen molar-refractivity contribution >= 4 is 33.7 Å². The van der Waals surface area contributed by atoms with E-state index >= 15 is 0 Å². The SMILES string of the molecule is O=C(O)c1cc(Sc2ccc(C(F)(F)F)nn2)ccc1Br. The van der Waals surface area contributed by atoms with Gasteiger partial charge < -0.3 is 5.11 Å². The average molecular weight is 379 g/mol. The third-order valence-corrected chi connectivity index (χ3v) is 3.93. The zero-order valence-corrected chi connectivity index (χ0v) is 12.5. The minimum absolute atomic E-state index is 0.0554. The molecule has 2 rings (SSSR count). The largest absolute Gasteiger partial charge is 0.478 e. The van der Waals surface area contributed by atoms with Gasteiger partial charge in [-0.05, 0) is 46.3 Å². The number of rotatable bonds is 3. The van der Waals surface area contributed by atoms with Crippen molar-refractivity contribution in [3.8, 4) is 0 Å². The Labute approximate surface area is 129 Å². The van der Waals surface area contributed by atoms with E-state index in [2.05, 4.69) is 26.1 Å². The van der Waals surface area contributed by atoms with E-state index in [0.717, 1.165) is 17.8 Å². The van der Waals surface area contributed by atoms with Gasteiger partial charge in [0.05, 0.1) is 5.56 Å². The molecule has 0 saturated carbocycles. The third kappa shape index (κ3) is 3.94. The summed E-state index contributed by atoms with van der Waals surface area (Å²) in [5.41, 5.74) is -1.02. The molecular formula is C12H6BrF3N2O2S. The average Bonchev–Trinajstić information content (AvgIpc) is 2.40. The predicted molar refractivity (Wildman–Crippen MR) is 72.3 cm³/mol. The zero-order chi connectivity index (χ0) is 15.6. The van der Waals surface area contributed by atoms with E-state index in [-0.39, 0.29) is 10.6 Å². The normalized spacial score (nSPS) is 11.4. The molecule has 2 aromatic rings. The van der Waals surface area contributed by atoms with E-state index in [9.17, 15) is 18.0 Å². The van der Waals surface area contributed by atoms with Crippen LogP contribution in [0.15, 0.2) is 44.7 Å². The molecule has 4 nitrogen and oxygen atoms in total. The monoisotopic (exact) mass is 378 g/mol. The number of benzene rings is 1. The third-order valence-electron chi connectivity index (χ3n) is 2.32. The second-order valence-electron chi connectivity index (χ2n) is 3.80. The zero-order valence-electron chi connectivity index (χ0n) is 10.1. The van der Waals surface area contributed by atoms with Gasteiger partial charge in [-0.3, -0.25) is 0 Å². The Hall–Kier alpha value is -1.61. The summed E-state index contributed by atoms with van der Waals surface area (Å²) in [6, 6.07) is 6.58. The lowest BCUT2D eigenvalue weighted by Gasteiger charge is -2.06. The molecule has 0 bridgehead atoms. The van der Waals surface area contributed by atoms with E-state index in [1.807, 2.05) is 0 Å². The van der Waals surface area contributed by atoms with E-state index in [4.69, 9.17) is 5.11 Å². The Balaban J connectivity index is 2.22. The maximum Gasteiger partial charge on any atom is 0.435 e. The van der Waals surface area contributed by atoms with Gasteiger partial charge in [0.2, 0.25) is 0 Å². The summed E-state index contributed by atoms with van der Waals surface area (Å²) in [7, 11) is 0. The fourth-order valence-corrected chi connectivity index (χ4v) is 2.57. The summed E-state index contributed by atoms with van der Waals surface area (Å²) < 4.78 is 37.5. The molecule has 0 aliphatic heterocycles. The van der Waals surface area contributed by atoms with Crippen LogP contribution in [0.5, 0.6) is 0 Å². The lowest BCUT2D eigenvalue weighted by Crippen LogP contribution is -2.08. The summed E-state index contributed by atoms with van der Waals surface area (Å²) in [6.07, 6.45) is -4.54. The molecule has 0 aliphatic carbocycles. The van der Waals surface area contributed by atoms with Crippen molar-refractivity contribution in [3.05, 3.63) is 46.1 Å². The first-order valence-electron chi connectivity index (χ1n) is 5.39. The van der Waals surface area contributed by atoms with Crippen molar-refractivity contribution in [2.24, 2.45) is 0 Å². The first kappa shape index (κ1) is 15.8. The Morgan fingerprint density at radius 3 is 2.43 bits per heavy atom. The number of alkyl halides is 3. The molecule has 0 unspecified atom stereocenters. The first-order chi connectivity index (χ1) is 9.77. The second kappa shape index (κ2) is 6.02.